The van der Waals surface area contributed by atoms with Crippen molar-refractivity contribution < 1.29 is 14.6 Å². The smallest absolute Gasteiger partial charge is 0.0624 e. The number of rotatable bonds is 3. The lowest BCUT2D eigenvalue weighted by atomic mass is 9.97. The van der Waals surface area contributed by atoms with E-state index in [1.165, 1.54) is 0 Å². The van der Waals surface area contributed by atoms with Crippen LogP contribution in [0.15, 0.2) is 0 Å². The summed E-state index contributed by atoms with van der Waals surface area (Å²) in [6, 6.07) is 0.527. The van der Waals surface area contributed by atoms with Gasteiger partial charge in [-0.15, -0.1) is 0 Å². The molecule has 3 unspecified atom stereocenters. The van der Waals surface area contributed by atoms with Gasteiger partial charge in [0.05, 0.1) is 19.3 Å². The van der Waals surface area contributed by atoms with Gasteiger partial charge in [-0.3, -0.25) is 0 Å². The van der Waals surface area contributed by atoms with Crippen LogP contribution in [0, 0.1) is 5.92 Å². The minimum atomic E-state index is -0.191. The highest BCUT2D eigenvalue weighted by atomic mass is 16.5. The molecule has 0 aromatic carbocycles. The maximum absolute atomic E-state index is 9.82. The first-order chi connectivity index (χ1) is 7.27. The summed E-state index contributed by atoms with van der Waals surface area (Å²) in [6.45, 7) is 4.01. The molecule has 88 valence electrons. The van der Waals surface area contributed by atoms with Crippen LogP contribution >= 0.6 is 0 Å². The second-order valence-electron chi connectivity index (χ2n) is 4.65. The number of hydrogen-bond acceptors (Lipinski definition) is 4. The summed E-state index contributed by atoms with van der Waals surface area (Å²) >= 11 is 0. The van der Waals surface area contributed by atoms with Gasteiger partial charge in [0.1, 0.15) is 0 Å². The topological polar surface area (TPSA) is 41.9 Å². The molecular formula is C11H21NO3. The summed E-state index contributed by atoms with van der Waals surface area (Å²) in [5.74, 6) is 0.268. The average Bonchev–Trinajstić information content (AvgIpc) is 2.74. The quantitative estimate of drug-likeness (QED) is 0.725. The average molecular weight is 215 g/mol. The van der Waals surface area contributed by atoms with Crippen LogP contribution in [-0.2, 0) is 9.47 Å². The van der Waals surface area contributed by atoms with Gasteiger partial charge in [0.25, 0.3) is 0 Å². The molecule has 0 aromatic rings. The van der Waals surface area contributed by atoms with Gasteiger partial charge >= 0.3 is 0 Å². The fraction of sp³-hybridized carbons (Fsp3) is 1.00. The minimum absolute atomic E-state index is 0.191. The molecule has 4 heteroatoms. The lowest BCUT2D eigenvalue weighted by molar-refractivity contribution is -0.0479. The first-order valence-electron chi connectivity index (χ1n) is 5.81. The standard InChI is InChI=1S/C11H21NO3/c1-12(10-2-4-15-8-10)6-9-7-14-5-3-11(9)13/h9-11,13H,2-8H2,1H3. The Morgan fingerprint density at radius 2 is 1.93 bits per heavy atom. The summed E-state index contributed by atoms with van der Waals surface area (Å²) < 4.78 is 10.8. The number of hydrogen-bond donors (Lipinski definition) is 1. The number of nitrogens with zero attached hydrogens (tertiary/aromatic N) is 1. The molecule has 2 aliphatic heterocycles. The van der Waals surface area contributed by atoms with E-state index in [1.54, 1.807) is 0 Å². The highest BCUT2D eigenvalue weighted by molar-refractivity contribution is 4.79. The van der Waals surface area contributed by atoms with Crippen molar-refractivity contribution in [2.45, 2.75) is 25.0 Å². The van der Waals surface area contributed by atoms with Crippen LogP contribution < -0.4 is 0 Å². The highest BCUT2D eigenvalue weighted by Crippen LogP contribution is 2.18. The van der Waals surface area contributed by atoms with Gasteiger partial charge in [0.2, 0.25) is 0 Å². The maximum atomic E-state index is 9.82. The van der Waals surface area contributed by atoms with Crippen LogP contribution in [0.3, 0.4) is 0 Å². The van der Waals surface area contributed by atoms with E-state index in [9.17, 15) is 5.11 Å². The fourth-order valence-corrected chi connectivity index (χ4v) is 2.35. The molecule has 0 aromatic heterocycles. The molecule has 3 atom stereocenters. The van der Waals surface area contributed by atoms with Crippen molar-refractivity contribution >= 4 is 0 Å². The molecular weight excluding hydrogens is 194 g/mol. The molecule has 0 amide bonds. The summed E-state index contributed by atoms with van der Waals surface area (Å²) in [5, 5.41) is 9.82. The van der Waals surface area contributed by atoms with Gasteiger partial charge in [0, 0.05) is 31.7 Å². The predicted octanol–water partition coefficient (Wildman–Crippen LogP) is 0.104. The molecule has 15 heavy (non-hydrogen) atoms. The molecule has 2 aliphatic rings. The van der Waals surface area contributed by atoms with Crippen molar-refractivity contribution in [1.29, 1.82) is 0 Å². The Hall–Kier alpha value is -0.160. The van der Waals surface area contributed by atoms with Crippen LogP contribution in [0.5, 0.6) is 0 Å². The predicted molar refractivity (Wildman–Crippen MR) is 56.8 cm³/mol. The van der Waals surface area contributed by atoms with Crippen LogP contribution in [0.4, 0.5) is 0 Å². The normalized spacial score (nSPS) is 37.4. The number of ether oxygens (including phenoxy) is 2. The molecule has 1 N–H and O–H groups in total. The van der Waals surface area contributed by atoms with E-state index in [-0.39, 0.29) is 12.0 Å². The molecule has 4 nitrogen and oxygen atoms in total. The van der Waals surface area contributed by atoms with Gasteiger partial charge in [-0.05, 0) is 19.9 Å². The monoisotopic (exact) mass is 215 g/mol. The Bertz CT molecular complexity index is 194. The molecule has 0 spiro atoms. The van der Waals surface area contributed by atoms with Gasteiger partial charge in [0.15, 0.2) is 0 Å². The van der Waals surface area contributed by atoms with Crippen molar-refractivity contribution in [2.75, 3.05) is 40.0 Å². The Morgan fingerprint density at radius 1 is 1.20 bits per heavy atom. The van der Waals surface area contributed by atoms with Crippen molar-refractivity contribution in [1.82, 2.24) is 4.90 Å². The van der Waals surface area contributed by atoms with Gasteiger partial charge < -0.3 is 19.5 Å². The van der Waals surface area contributed by atoms with Crippen molar-refractivity contribution in [3.63, 3.8) is 0 Å². The lowest BCUT2D eigenvalue weighted by Gasteiger charge is -2.33. The van der Waals surface area contributed by atoms with E-state index in [0.717, 1.165) is 32.6 Å². The largest absolute Gasteiger partial charge is 0.393 e. The van der Waals surface area contributed by atoms with E-state index in [4.69, 9.17) is 9.47 Å². The molecule has 2 rings (SSSR count). The first kappa shape index (κ1) is 11.3. The van der Waals surface area contributed by atoms with Crippen molar-refractivity contribution in [3.05, 3.63) is 0 Å². The summed E-state index contributed by atoms with van der Waals surface area (Å²) in [6.07, 6.45) is 1.70. The Kier molecular flexibility index (Phi) is 3.97. The number of aliphatic hydroxyl groups is 1. The third-order valence-corrected chi connectivity index (χ3v) is 3.49. The Balaban J connectivity index is 1.78. The van der Waals surface area contributed by atoms with Gasteiger partial charge in [-0.1, -0.05) is 0 Å². The second kappa shape index (κ2) is 5.25. The van der Waals surface area contributed by atoms with Crippen LogP contribution in [0.25, 0.3) is 0 Å². The van der Waals surface area contributed by atoms with Crippen molar-refractivity contribution in [2.24, 2.45) is 5.92 Å². The van der Waals surface area contributed by atoms with Crippen LogP contribution in [0.2, 0.25) is 0 Å². The zero-order chi connectivity index (χ0) is 10.7. The van der Waals surface area contributed by atoms with E-state index in [1.807, 2.05) is 0 Å². The number of aliphatic hydroxyl groups excluding tert-OH is 1. The van der Waals surface area contributed by atoms with Gasteiger partial charge in [-0.25, -0.2) is 0 Å². The van der Waals surface area contributed by atoms with Crippen LogP contribution in [0.1, 0.15) is 12.8 Å². The zero-order valence-corrected chi connectivity index (χ0v) is 9.39. The molecule has 2 saturated heterocycles. The summed E-state index contributed by atoms with van der Waals surface area (Å²) in [5.41, 5.74) is 0. The number of likely N-dealkylation sites (N-methyl/N-ethyl adjacent to an activating group) is 1. The SMILES string of the molecule is CN(CC1COCCC1O)C1CCOC1. The van der Waals surface area contributed by atoms with E-state index < -0.39 is 0 Å². The molecule has 0 radical (unpaired) electrons. The Labute approximate surface area is 91.2 Å². The van der Waals surface area contributed by atoms with Crippen LogP contribution in [-0.4, -0.2) is 62.2 Å². The zero-order valence-electron chi connectivity index (χ0n) is 9.39. The third kappa shape index (κ3) is 2.91. The Morgan fingerprint density at radius 3 is 2.60 bits per heavy atom. The van der Waals surface area contributed by atoms with E-state index in [2.05, 4.69) is 11.9 Å². The third-order valence-electron chi connectivity index (χ3n) is 3.49. The second-order valence-corrected chi connectivity index (χ2v) is 4.65. The van der Waals surface area contributed by atoms with Gasteiger partial charge in [-0.2, -0.15) is 0 Å². The minimum Gasteiger partial charge on any atom is -0.393 e. The van der Waals surface area contributed by atoms with Crippen molar-refractivity contribution in [3.8, 4) is 0 Å². The summed E-state index contributed by atoms with van der Waals surface area (Å²) in [7, 11) is 2.11. The molecule has 0 aliphatic carbocycles. The molecule has 0 saturated carbocycles. The van der Waals surface area contributed by atoms with E-state index >= 15 is 0 Å². The highest BCUT2D eigenvalue weighted by Gasteiger charge is 2.28. The first-order valence-corrected chi connectivity index (χ1v) is 5.81. The summed E-state index contributed by atoms with van der Waals surface area (Å²) in [4.78, 5) is 2.30. The fourth-order valence-electron chi connectivity index (χ4n) is 2.35. The maximum Gasteiger partial charge on any atom is 0.0624 e. The molecule has 2 fully saturated rings. The molecule has 0 bridgehead atoms. The lowest BCUT2D eigenvalue weighted by Crippen LogP contribution is -2.43. The van der Waals surface area contributed by atoms with E-state index in [0.29, 0.717) is 19.3 Å². The molecule has 2 heterocycles.